The third-order valence-corrected chi connectivity index (χ3v) is 4.27. The third kappa shape index (κ3) is 4.76. The first kappa shape index (κ1) is 19.3. The number of hydrogen-bond acceptors (Lipinski definition) is 6. The maximum atomic E-state index is 12.3. The number of nitro groups is 1. The van der Waals surface area contributed by atoms with Crippen LogP contribution in [-0.4, -0.2) is 39.9 Å². The van der Waals surface area contributed by atoms with E-state index >= 15 is 0 Å². The minimum absolute atomic E-state index is 0.00247. The Morgan fingerprint density at radius 1 is 1.27 bits per heavy atom. The Morgan fingerprint density at radius 2 is 1.96 bits per heavy atom. The molecule has 26 heavy (non-hydrogen) atoms. The number of rotatable bonds is 7. The minimum atomic E-state index is -0.463. The van der Waals surface area contributed by atoms with E-state index in [-0.39, 0.29) is 16.5 Å². The molecular weight excluding hydrogens is 354 g/mol. The summed E-state index contributed by atoms with van der Waals surface area (Å²) < 4.78 is 0. The van der Waals surface area contributed by atoms with E-state index in [1.807, 2.05) is 6.92 Å². The molecule has 0 atom stereocenters. The molecule has 0 aliphatic heterocycles. The summed E-state index contributed by atoms with van der Waals surface area (Å²) in [5.41, 5.74) is 2.45. The number of nitrogens with zero attached hydrogens (tertiary/aromatic N) is 3. The standard InChI is InChI=1S/C18H17N3O4S/c1-3-20(2)18(23)17(26-12-22)11-14-5-4-6-16(19-14)13-7-9-15(10-8-13)21(24)25/h4-12H,3H2,1-2H3/b17-11-. The first-order chi connectivity index (χ1) is 12.5. The van der Waals surface area contributed by atoms with Crippen molar-refractivity contribution in [2.75, 3.05) is 13.6 Å². The Bertz CT molecular complexity index is 850. The summed E-state index contributed by atoms with van der Waals surface area (Å²) in [6.07, 6.45) is 1.56. The Balaban J connectivity index is 2.36. The van der Waals surface area contributed by atoms with Gasteiger partial charge in [0.2, 0.25) is 0 Å². The molecule has 0 saturated heterocycles. The van der Waals surface area contributed by atoms with E-state index in [2.05, 4.69) is 4.98 Å². The van der Waals surface area contributed by atoms with Gasteiger partial charge in [0, 0.05) is 31.3 Å². The van der Waals surface area contributed by atoms with Crippen LogP contribution in [0.2, 0.25) is 0 Å². The second kappa shape index (κ2) is 8.91. The van der Waals surface area contributed by atoms with Crippen molar-refractivity contribution < 1.29 is 14.5 Å². The lowest BCUT2D eigenvalue weighted by Gasteiger charge is -2.15. The van der Waals surface area contributed by atoms with Gasteiger partial charge < -0.3 is 4.90 Å². The third-order valence-electron chi connectivity index (χ3n) is 3.63. The van der Waals surface area contributed by atoms with Crippen LogP contribution in [-0.2, 0) is 9.59 Å². The molecule has 1 aromatic heterocycles. The Morgan fingerprint density at radius 3 is 2.54 bits per heavy atom. The fourth-order valence-corrected chi connectivity index (χ4v) is 2.66. The van der Waals surface area contributed by atoms with Crippen molar-refractivity contribution in [2.24, 2.45) is 0 Å². The first-order valence-electron chi connectivity index (χ1n) is 7.75. The quantitative estimate of drug-likeness (QED) is 0.320. The Kier molecular flexibility index (Phi) is 6.62. The van der Waals surface area contributed by atoms with Crippen LogP contribution in [0.5, 0.6) is 0 Å². The normalized spacial score (nSPS) is 11.1. The molecule has 0 N–H and O–H groups in total. The number of pyridine rings is 1. The number of carbonyl (C=O) groups is 2. The van der Waals surface area contributed by atoms with Gasteiger partial charge in [0.05, 0.1) is 21.2 Å². The van der Waals surface area contributed by atoms with Gasteiger partial charge in [-0.15, -0.1) is 0 Å². The summed E-state index contributed by atoms with van der Waals surface area (Å²) in [5.74, 6) is -0.257. The number of amides is 1. The highest BCUT2D eigenvalue weighted by Crippen LogP contribution is 2.23. The molecule has 0 aliphatic carbocycles. The Labute approximate surface area is 154 Å². The number of likely N-dealkylation sites (N-methyl/N-ethyl adjacent to an activating group) is 1. The van der Waals surface area contributed by atoms with Crippen LogP contribution in [0.1, 0.15) is 12.6 Å². The summed E-state index contributed by atoms with van der Waals surface area (Å²) in [7, 11) is 1.66. The molecule has 0 spiro atoms. The molecular formula is C18H17N3O4S. The SMILES string of the molecule is CCN(C)C(=O)/C(=C/c1cccc(-c2ccc([N+](=O)[O-])cc2)n1)SC=O. The van der Waals surface area contributed by atoms with Crippen LogP contribution in [0, 0.1) is 10.1 Å². The van der Waals surface area contributed by atoms with Crippen molar-refractivity contribution in [1.82, 2.24) is 9.88 Å². The zero-order chi connectivity index (χ0) is 19.1. The van der Waals surface area contributed by atoms with E-state index in [4.69, 9.17) is 0 Å². The summed E-state index contributed by atoms with van der Waals surface area (Å²) in [4.78, 5) is 39.7. The fourth-order valence-electron chi connectivity index (χ4n) is 2.11. The van der Waals surface area contributed by atoms with Crippen LogP contribution in [0.3, 0.4) is 0 Å². The predicted octanol–water partition coefficient (Wildman–Crippen LogP) is 3.40. The zero-order valence-electron chi connectivity index (χ0n) is 14.3. The highest BCUT2D eigenvalue weighted by molar-refractivity contribution is 8.16. The molecule has 0 radical (unpaired) electrons. The van der Waals surface area contributed by atoms with Gasteiger partial charge >= 0.3 is 0 Å². The number of hydrogen-bond donors (Lipinski definition) is 0. The van der Waals surface area contributed by atoms with E-state index in [1.165, 1.54) is 17.0 Å². The minimum Gasteiger partial charge on any atom is -0.342 e. The molecule has 1 amide bonds. The smallest absolute Gasteiger partial charge is 0.269 e. The van der Waals surface area contributed by atoms with Crippen molar-refractivity contribution in [2.45, 2.75) is 6.92 Å². The summed E-state index contributed by atoms with van der Waals surface area (Å²) in [5, 5.41) is 10.7. The van der Waals surface area contributed by atoms with Crippen LogP contribution in [0.25, 0.3) is 17.3 Å². The van der Waals surface area contributed by atoms with Crippen LogP contribution in [0.4, 0.5) is 5.69 Å². The summed E-state index contributed by atoms with van der Waals surface area (Å²) >= 11 is 0.804. The topological polar surface area (TPSA) is 93.4 Å². The van der Waals surface area contributed by atoms with Gasteiger partial charge in [-0.3, -0.25) is 19.7 Å². The fraction of sp³-hybridized carbons (Fsp3) is 0.167. The maximum Gasteiger partial charge on any atom is 0.269 e. The van der Waals surface area contributed by atoms with Gasteiger partial charge in [0.25, 0.3) is 11.6 Å². The number of aromatic nitrogens is 1. The predicted molar refractivity (Wildman–Crippen MR) is 102 cm³/mol. The van der Waals surface area contributed by atoms with Crippen molar-refractivity contribution in [3.05, 3.63) is 63.2 Å². The Hall–Kier alpha value is -3.00. The van der Waals surface area contributed by atoms with E-state index < -0.39 is 4.92 Å². The average molecular weight is 371 g/mol. The van der Waals surface area contributed by atoms with Gasteiger partial charge in [0.15, 0.2) is 5.62 Å². The molecule has 7 nitrogen and oxygen atoms in total. The summed E-state index contributed by atoms with van der Waals surface area (Å²) in [6.45, 7) is 2.36. The van der Waals surface area contributed by atoms with Gasteiger partial charge in [0.1, 0.15) is 0 Å². The van der Waals surface area contributed by atoms with E-state index in [1.54, 1.807) is 43.5 Å². The van der Waals surface area contributed by atoms with Crippen LogP contribution >= 0.6 is 11.8 Å². The highest BCUT2D eigenvalue weighted by atomic mass is 32.2. The molecule has 0 unspecified atom stereocenters. The van der Waals surface area contributed by atoms with Crippen LogP contribution in [0.15, 0.2) is 47.4 Å². The lowest BCUT2D eigenvalue weighted by molar-refractivity contribution is -0.384. The largest absolute Gasteiger partial charge is 0.342 e. The van der Waals surface area contributed by atoms with Crippen molar-refractivity contribution in [1.29, 1.82) is 0 Å². The molecule has 134 valence electrons. The summed E-state index contributed by atoms with van der Waals surface area (Å²) in [6, 6.07) is 11.3. The molecule has 0 saturated carbocycles. The van der Waals surface area contributed by atoms with Crippen molar-refractivity contribution in [3.63, 3.8) is 0 Å². The molecule has 0 bridgehead atoms. The van der Waals surface area contributed by atoms with Gasteiger partial charge in [-0.25, -0.2) is 4.98 Å². The number of thioether (sulfide) groups is 1. The molecule has 0 aliphatic rings. The molecule has 8 heteroatoms. The number of nitro benzene ring substituents is 1. The molecule has 1 aromatic carbocycles. The monoisotopic (exact) mass is 371 g/mol. The molecule has 2 rings (SSSR count). The van der Waals surface area contributed by atoms with Gasteiger partial charge in [-0.05, 0) is 49.0 Å². The number of non-ortho nitro benzene ring substituents is 1. The van der Waals surface area contributed by atoms with Crippen molar-refractivity contribution in [3.8, 4) is 11.3 Å². The highest BCUT2D eigenvalue weighted by Gasteiger charge is 2.14. The first-order valence-corrected chi connectivity index (χ1v) is 8.63. The van der Waals surface area contributed by atoms with Crippen LogP contribution < -0.4 is 0 Å². The van der Waals surface area contributed by atoms with Gasteiger partial charge in [-0.2, -0.15) is 0 Å². The molecule has 0 fully saturated rings. The zero-order valence-corrected chi connectivity index (χ0v) is 15.1. The van der Waals surface area contributed by atoms with Crippen molar-refractivity contribution >= 4 is 35.1 Å². The van der Waals surface area contributed by atoms with E-state index in [0.717, 1.165) is 11.8 Å². The maximum absolute atomic E-state index is 12.3. The molecule has 1 heterocycles. The average Bonchev–Trinajstić information content (AvgIpc) is 2.66. The lowest BCUT2D eigenvalue weighted by atomic mass is 10.1. The lowest BCUT2D eigenvalue weighted by Crippen LogP contribution is -2.26. The second-order valence-corrected chi connectivity index (χ2v) is 6.16. The second-order valence-electron chi connectivity index (χ2n) is 5.29. The number of carbonyl (C=O) groups excluding carboxylic acids is 2. The van der Waals surface area contributed by atoms with E-state index in [0.29, 0.717) is 29.1 Å². The molecule has 2 aromatic rings. The number of benzene rings is 1. The van der Waals surface area contributed by atoms with E-state index in [9.17, 15) is 19.7 Å². The van der Waals surface area contributed by atoms with Gasteiger partial charge in [-0.1, -0.05) is 6.07 Å².